The summed E-state index contributed by atoms with van der Waals surface area (Å²) in [5, 5.41) is 11.2. The molecule has 1 unspecified atom stereocenters. The SMILES string of the molecule is CCC(CC(=O)O)NC(=O)CCS(=O)(=O)c1ccccc1. The molecule has 0 saturated carbocycles. The van der Waals surface area contributed by atoms with Gasteiger partial charge < -0.3 is 10.4 Å². The summed E-state index contributed by atoms with van der Waals surface area (Å²) in [4.78, 5) is 22.5. The Morgan fingerprint density at radius 1 is 1.24 bits per heavy atom. The van der Waals surface area contributed by atoms with E-state index in [1.165, 1.54) is 12.1 Å². The molecule has 1 rings (SSSR count). The molecule has 0 aliphatic heterocycles. The van der Waals surface area contributed by atoms with Crippen LogP contribution < -0.4 is 5.32 Å². The smallest absolute Gasteiger partial charge is 0.305 e. The fourth-order valence-electron chi connectivity index (χ4n) is 1.78. The van der Waals surface area contributed by atoms with Gasteiger partial charge in [-0.05, 0) is 18.6 Å². The van der Waals surface area contributed by atoms with Crippen molar-refractivity contribution >= 4 is 21.7 Å². The Labute approximate surface area is 124 Å². The Morgan fingerprint density at radius 3 is 2.38 bits per heavy atom. The van der Waals surface area contributed by atoms with Gasteiger partial charge in [0.15, 0.2) is 9.84 Å². The topological polar surface area (TPSA) is 101 Å². The van der Waals surface area contributed by atoms with Crippen LogP contribution in [0.2, 0.25) is 0 Å². The van der Waals surface area contributed by atoms with Gasteiger partial charge in [-0.2, -0.15) is 0 Å². The molecule has 0 radical (unpaired) electrons. The van der Waals surface area contributed by atoms with Gasteiger partial charge in [0, 0.05) is 12.5 Å². The highest BCUT2D eigenvalue weighted by molar-refractivity contribution is 7.91. The third-order valence-corrected chi connectivity index (χ3v) is 4.71. The van der Waals surface area contributed by atoms with Gasteiger partial charge in [-0.25, -0.2) is 8.42 Å². The van der Waals surface area contributed by atoms with Crippen molar-refractivity contribution in [3.8, 4) is 0 Å². The van der Waals surface area contributed by atoms with Gasteiger partial charge in [-0.15, -0.1) is 0 Å². The maximum Gasteiger partial charge on any atom is 0.305 e. The van der Waals surface area contributed by atoms with Gasteiger partial charge in [0.2, 0.25) is 5.91 Å². The summed E-state index contributed by atoms with van der Waals surface area (Å²) in [6.45, 7) is 1.76. The first kappa shape index (κ1) is 17.2. The normalized spacial score (nSPS) is 12.6. The van der Waals surface area contributed by atoms with E-state index in [1.807, 2.05) is 0 Å². The van der Waals surface area contributed by atoms with Crippen molar-refractivity contribution in [1.82, 2.24) is 5.32 Å². The number of carboxylic acid groups (broad SMARTS) is 1. The third-order valence-electron chi connectivity index (χ3n) is 2.98. The van der Waals surface area contributed by atoms with Crippen molar-refractivity contribution in [2.45, 2.75) is 37.1 Å². The second-order valence-electron chi connectivity index (χ2n) is 4.65. The Balaban J connectivity index is 2.55. The van der Waals surface area contributed by atoms with E-state index in [9.17, 15) is 18.0 Å². The number of hydrogen-bond acceptors (Lipinski definition) is 4. The average Bonchev–Trinajstić information content (AvgIpc) is 2.45. The Morgan fingerprint density at radius 2 is 1.86 bits per heavy atom. The predicted octanol–water partition coefficient (Wildman–Crippen LogP) is 1.22. The highest BCUT2D eigenvalue weighted by atomic mass is 32.2. The van der Waals surface area contributed by atoms with Gasteiger partial charge in [-0.3, -0.25) is 9.59 Å². The van der Waals surface area contributed by atoms with Crippen molar-refractivity contribution in [3.05, 3.63) is 30.3 Å². The third kappa shape index (κ3) is 5.95. The average molecular weight is 313 g/mol. The van der Waals surface area contributed by atoms with Crippen molar-refractivity contribution in [2.24, 2.45) is 0 Å². The van der Waals surface area contributed by atoms with E-state index in [1.54, 1.807) is 25.1 Å². The van der Waals surface area contributed by atoms with Crippen LogP contribution in [0, 0.1) is 0 Å². The van der Waals surface area contributed by atoms with E-state index in [0.29, 0.717) is 6.42 Å². The Kier molecular flexibility index (Phi) is 6.36. The molecule has 0 aliphatic carbocycles. The summed E-state index contributed by atoms with van der Waals surface area (Å²) in [5.41, 5.74) is 0. The number of aliphatic carboxylic acids is 1. The molecule has 21 heavy (non-hydrogen) atoms. The van der Waals surface area contributed by atoms with Crippen LogP contribution in [0.5, 0.6) is 0 Å². The first-order chi connectivity index (χ1) is 9.85. The fourth-order valence-corrected chi connectivity index (χ4v) is 3.04. The highest BCUT2D eigenvalue weighted by Gasteiger charge is 2.18. The van der Waals surface area contributed by atoms with E-state index >= 15 is 0 Å². The Hall–Kier alpha value is -1.89. The second-order valence-corrected chi connectivity index (χ2v) is 6.76. The lowest BCUT2D eigenvalue weighted by Gasteiger charge is -2.14. The molecular weight excluding hydrogens is 294 g/mol. The number of benzene rings is 1. The molecule has 0 fully saturated rings. The fraction of sp³-hybridized carbons (Fsp3) is 0.429. The van der Waals surface area contributed by atoms with Crippen LogP contribution >= 0.6 is 0 Å². The molecular formula is C14H19NO5S. The van der Waals surface area contributed by atoms with Crippen molar-refractivity contribution in [1.29, 1.82) is 0 Å². The monoisotopic (exact) mass is 313 g/mol. The number of carbonyl (C=O) groups excluding carboxylic acids is 1. The van der Waals surface area contributed by atoms with Crippen molar-refractivity contribution in [3.63, 3.8) is 0 Å². The van der Waals surface area contributed by atoms with E-state index < -0.39 is 27.8 Å². The van der Waals surface area contributed by atoms with Gasteiger partial charge >= 0.3 is 5.97 Å². The van der Waals surface area contributed by atoms with Gasteiger partial charge in [0.1, 0.15) is 0 Å². The quantitative estimate of drug-likeness (QED) is 0.751. The highest BCUT2D eigenvalue weighted by Crippen LogP contribution is 2.11. The zero-order valence-corrected chi connectivity index (χ0v) is 12.6. The second kappa shape index (κ2) is 7.78. The number of carbonyl (C=O) groups is 2. The summed E-state index contributed by atoms with van der Waals surface area (Å²) in [5.74, 6) is -1.76. The molecule has 0 spiro atoms. The van der Waals surface area contributed by atoms with Gasteiger partial charge in [-0.1, -0.05) is 25.1 Å². The minimum Gasteiger partial charge on any atom is -0.481 e. The van der Waals surface area contributed by atoms with E-state index in [2.05, 4.69) is 5.32 Å². The summed E-state index contributed by atoms with van der Waals surface area (Å²) >= 11 is 0. The molecule has 1 amide bonds. The maximum atomic E-state index is 12.0. The molecule has 0 heterocycles. The molecule has 6 nitrogen and oxygen atoms in total. The number of hydrogen-bond donors (Lipinski definition) is 2. The lowest BCUT2D eigenvalue weighted by atomic mass is 10.1. The van der Waals surface area contributed by atoms with Crippen LogP contribution in [0.4, 0.5) is 0 Å². The molecule has 0 bridgehead atoms. The Bertz CT molecular complexity index is 583. The molecule has 0 aliphatic rings. The van der Waals surface area contributed by atoms with E-state index in [0.717, 1.165) is 0 Å². The summed E-state index contributed by atoms with van der Waals surface area (Å²) in [6, 6.07) is 7.43. The first-order valence-electron chi connectivity index (χ1n) is 6.64. The zero-order chi connectivity index (χ0) is 15.9. The molecule has 1 aromatic carbocycles. The van der Waals surface area contributed by atoms with Crippen molar-refractivity contribution in [2.75, 3.05) is 5.75 Å². The van der Waals surface area contributed by atoms with Crippen LogP contribution in [0.15, 0.2) is 35.2 Å². The molecule has 1 atom stereocenters. The molecule has 7 heteroatoms. The minimum atomic E-state index is -3.50. The molecule has 116 valence electrons. The van der Waals surface area contributed by atoms with Gasteiger partial charge in [0.05, 0.1) is 17.1 Å². The summed E-state index contributed by atoms with van der Waals surface area (Å²) < 4.78 is 24.0. The number of nitrogens with one attached hydrogen (secondary N) is 1. The lowest BCUT2D eigenvalue weighted by Crippen LogP contribution is -2.36. The standard InChI is InChI=1S/C14H19NO5S/c1-2-11(10-14(17)18)15-13(16)8-9-21(19,20)12-6-4-3-5-7-12/h3-7,11H,2,8-10H2,1H3,(H,15,16)(H,17,18). The van der Waals surface area contributed by atoms with Crippen LogP contribution in [-0.4, -0.2) is 37.2 Å². The van der Waals surface area contributed by atoms with E-state index in [-0.39, 0.29) is 23.5 Å². The van der Waals surface area contributed by atoms with Crippen molar-refractivity contribution < 1.29 is 23.1 Å². The first-order valence-corrected chi connectivity index (χ1v) is 8.29. The van der Waals surface area contributed by atoms with Crippen LogP contribution in [-0.2, 0) is 19.4 Å². The molecule has 0 saturated heterocycles. The zero-order valence-electron chi connectivity index (χ0n) is 11.8. The van der Waals surface area contributed by atoms with Crippen LogP contribution in [0.25, 0.3) is 0 Å². The lowest BCUT2D eigenvalue weighted by molar-refractivity contribution is -0.137. The molecule has 1 aromatic rings. The molecule has 2 N–H and O–H groups in total. The summed E-state index contributed by atoms with van der Waals surface area (Å²) in [6.07, 6.45) is 0.116. The van der Waals surface area contributed by atoms with Crippen LogP contribution in [0.3, 0.4) is 0 Å². The molecule has 0 aromatic heterocycles. The number of carboxylic acids is 1. The predicted molar refractivity (Wildman–Crippen MR) is 77.6 cm³/mol. The van der Waals surface area contributed by atoms with Gasteiger partial charge in [0.25, 0.3) is 0 Å². The largest absolute Gasteiger partial charge is 0.481 e. The number of amides is 1. The number of rotatable bonds is 8. The minimum absolute atomic E-state index is 0.173. The number of sulfone groups is 1. The summed E-state index contributed by atoms with van der Waals surface area (Å²) in [7, 11) is -3.50. The maximum absolute atomic E-state index is 12.0. The van der Waals surface area contributed by atoms with E-state index in [4.69, 9.17) is 5.11 Å². The van der Waals surface area contributed by atoms with Crippen LogP contribution in [0.1, 0.15) is 26.2 Å².